The molecule has 0 bridgehead atoms. The first-order valence-corrected chi connectivity index (χ1v) is 8.29. The number of nitrogens with zero attached hydrogens (tertiary/aromatic N) is 1. The molecular formula is C16H30N2O3. The lowest BCUT2D eigenvalue weighted by molar-refractivity contribution is -0.162. The number of methoxy groups -OCH3 is 1. The third-order valence-corrected chi connectivity index (χ3v) is 4.92. The molecular weight excluding hydrogens is 268 g/mol. The molecule has 1 N–H and O–H groups in total. The van der Waals surface area contributed by atoms with Crippen molar-refractivity contribution in [3.8, 4) is 0 Å². The minimum absolute atomic E-state index is 0.0756. The lowest BCUT2D eigenvalue weighted by Gasteiger charge is -2.41. The zero-order valence-corrected chi connectivity index (χ0v) is 13.5. The van der Waals surface area contributed by atoms with Gasteiger partial charge in [0.1, 0.15) is 0 Å². The molecule has 0 spiro atoms. The van der Waals surface area contributed by atoms with Crippen molar-refractivity contribution in [3.05, 3.63) is 0 Å². The lowest BCUT2D eigenvalue weighted by atomic mass is 9.78. The van der Waals surface area contributed by atoms with Crippen LogP contribution in [0.25, 0.3) is 0 Å². The van der Waals surface area contributed by atoms with E-state index in [9.17, 15) is 4.79 Å². The summed E-state index contributed by atoms with van der Waals surface area (Å²) in [6.07, 6.45) is 4.25. The molecule has 2 saturated heterocycles. The largest absolute Gasteiger partial charge is 0.465 e. The molecule has 0 aliphatic carbocycles. The minimum Gasteiger partial charge on any atom is -0.465 e. The molecule has 0 atom stereocenters. The zero-order chi connectivity index (χ0) is 15.1. The molecule has 2 aliphatic heterocycles. The van der Waals surface area contributed by atoms with Crippen molar-refractivity contribution >= 4 is 5.97 Å². The van der Waals surface area contributed by atoms with Gasteiger partial charge in [0, 0.05) is 13.7 Å². The van der Waals surface area contributed by atoms with E-state index in [1.54, 1.807) is 7.11 Å². The minimum atomic E-state index is -0.421. The number of rotatable bonds is 6. The molecule has 0 aromatic heterocycles. The van der Waals surface area contributed by atoms with Crippen LogP contribution in [0.5, 0.6) is 0 Å². The Hall–Kier alpha value is -0.650. The first kappa shape index (κ1) is 16.7. The molecule has 2 aliphatic rings. The predicted molar refractivity (Wildman–Crippen MR) is 82.2 cm³/mol. The summed E-state index contributed by atoms with van der Waals surface area (Å²) in [4.78, 5) is 14.8. The van der Waals surface area contributed by atoms with Crippen molar-refractivity contribution in [2.24, 2.45) is 11.3 Å². The molecule has 0 saturated carbocycles. The molecule has 0 aromatic rings. The van der Waals surface area contributed by atoms with Crippen LogP contribution in [0.2, 0.25) is 0 Å². The van der Waals surface area contributed by atoms with Gasteiger partial charge in [-0.15, -0.1) is 0 Å². The van der Waals surface area contributed by atoms with Crippen molar-refractivity contribution in [3.63, 3.8) is 0 Å². The van der Waals surface area contributed by atoms with Gasteiger partial charge < -0.3 is 19.7 Å². The molecule has 2 fully saturated rings. The first-order chi connectivity index (χ1) is 10.2. The highest BCUT2D eigenvalue weighted by Crippen LogP contribution is 2.34. The Morgan fingerprint density at radius 3 is 2.52 bits per heavy atom. The number of carbonyl (C=O) groups excluding carboxylic acids is 1. The Morgan fingerprint density at radius 1 is 1.29 bits per heavy atom. The summed E-state index contributed by atoms with van der Waals surface area (Å²) in [5, 5.41) is 3.41. The highest BCUT2D eigenvalue weighted by molar-refractivity contribution is 5.77. The summed E-state index contributed by atoms with van der Waals surface area (Å²) in [5.74, 6) is 0.733. The molecule has 0 unspecified atom stereocenters. The number of hydrogen-bond donors (Lipinski definition) is 1. The van der Waals surface area contributed by atoms with E-state index in [0.717, 1.165) is 44.9 Å². The normalized spacial score (nSPS) is 23.9. The fraction of sp³-hybridized carbons (Fsp3) is 0.938. The maximum Gasteiger partial charge on any atom is 0.314 e. The molecule has 0 aromatic carbocycles. The first-order valence-electron chi connectivity index (χ1n) is 8.29. The molecule has 0 radical (unpaired) electrons. The summed E-state index contributed by atoms with van der Waals surface area (Å²) >= 11 is 0. The SMILES string of the molecule is CCOC(=O)C1(COC)CCN(CC2CCNCC2)CC1. The van der Waals surface area contributed by atoms with Gasteiger partial charge >= 0.3 is 5.97 Å². The van der Waals surface area contributed by atoms with E-state index in [4.69, 9.17) is 9.47 Å². The average molecular weight is 298 g/mol. The molecule has 21 heavy (non-hydrogen) atoms. The van der Waals surface area contributed by atoms with E-state index in [1.807, 2.05) is 6.92 Å². The number of esters is 1. The van der Waals surface area contributed by atoms with Gasteiger partial charge in [-0.1, -0.05) is 0 Å². The second kappa shape index (κ2) is 8.11. The Labute approximate surface area is 128 Å². The van der Waals surface area contributed by atoms with Crippen LogP contribution in [0.15, 0.2) is 0 Å². The summed E-state index contributed by atoms with van der Waals surface area (Å²) in [6, 6.07) is 0. The molecule has 5 nitrogen and oxygen atoms in total. The van der Waals surface area contributed by atoms with E-state index in [2.05, 4.69) is 10.2 Å². The Bertz CT molecular complexity index is 321. The summed E-state index contributed by atoms with van der Waals surface area (Å²) in [7, 11) is 1.67. The highest BCUT2D eigenvalue weighted by Gasteiger charge is 2.43. The van der Waals surface area contributed by atoms with Gasteiger partial charge in [-0.2, -0.15) is 0 Å². The van der Waals surface area contributed by atoms with Gasteiger partial charge in [0.05, 0.1) is 18.6 Å². The van der Waals surface area contributed by atoms with E-state index in [1.165, 1.54) is 19.4 Å². The third kappa shape index (κ3) is 4.41. The number of ether oxygens (including phenoxy) is 2. The van der Waals surface area contributed by atoms with Crippen molar-refractivity contribution in [2.75, 3.05) is 53.0 Å². The van der Waals surface area contributed by atoms with Gasteiger partial charge in [0.2, 0.25) is 0 Å². The smallest absolute Gasteiger partial charge is 0.314 e. The number of piperidine rings is 2. The maximum absolute atomic E-state index is 12.3. The average Bonchev–Trinajstić information content (AvgIpc) is 2.51. The Morgan fingerprint density at radius 2 is 1.95 bits per heavy atom. The topological polar surface area (TPSA) is 50.8 Å². The van der Waals surface area contributed by atoms with E-state index in [0.29, 0.717) is 13.2 Å². The summed E-state index contributed by atoms with van der Waals surface area (Å²) < 4.78 is 10.6. The number of likely N-dealkylation sites (tertiary alicyclic amines) is 1. The van der Waals surface area contributed by atoms with Crippen molar-refractivity contribution in [1.82, 2.24) is 10.2 Å². The standard InChI is InChI=1S/C16H30N2O3/c1-3-21-15(19)16(13-20-2)6-10-18(11-7-16)12-14-4-8-17-9-5-14/h14,17H,3-13H2,1-2H3. The second-order valence-electron chi connectivity index (χ2n) is 6.43. The third-order valence-electron chi connectivity index (χ3n) is 4.92. The Balaban J connectivity index is 1.85. The number of nitrogens with one attached hydrogen (secondary N) is 1. The van der Waals surface area contributed by atoms with Crippen LogP contribution in [0.4, 0.5) is 0 Å². The van der Waals surface area contributed by atoms with Gasteiger partial charge in [-0.25, -0.2) is 0 Å². The van der Waals surface area contributed by atoms with E-state index < -0.39 is 5.41 Å². The van der Waals surface area contributed by atoms with Crippen LogP contribution >= 0.6 is 0 Å². The zero-order valence-electron chi connectivity index (χ0n) is 13.5. The molecule has 0 amide bonds. The summed E-state index contributed by atoms with van der Waals surface area (Å²) in [6.45, 7) is 8.22. The lowest BCUT2D eigenvalue weighted by Crippen LogP contribution is -2.49. The fourth-order valence-corrected chi connectivity index (χ4v) is 3.56. The monoisotopic (exact) mass is 298 g/mol. The predicted octanol–water partition coefficient (Wildman–Crippen LogP) is 1.28. The second-order valence-corrected chi connectivity index (χ2v) is 6.43. The van der Waals surface area contributed by atoms with E-state index in [-0.39, 0.29) is 5.97 Å². The highest BCUT2D eigenvalue weighted by atomic mass is 16.5. The van der Waals surface area contributed by atoms with Crippen LogP contribution in [-0.4, -0.2) is 63.9 Å². The van der Waals surface area contributed by atoms with Crippen LogP contribution in [0.3, 0.4) is 0 Å². The van der Waals surface area contributed by atoms with Crippen molar-refractivity contribution in [1.29, 1.82) is 0 Å². The molecule has 2 rings (SSSR count). The van der Waals surface area contributed by atoms with E-state index >= 15 is 0 Å². The van der Waals surface area contributed by atoms with Gasteiger partial charge in [0.15, 0.2) is 0 Å². The van der Waals surface area contributed by atoms with Crippen LogP contribution in [0.1, 0.15) is 32.6 Å². The van der Waals surface area contributed by atoms with Crippen molar-refractivity contribution < 1.29 is 14.3 Å². The summed E-state index contributed by atoms with van der Waals surface area (Å²) in [5.41, 5.74) is -0.421. The Kier molecular flexibility index (Phi) is 6.45. The molecule has 2 heterocycles. The van der Waals surface area contributed by atoms with Crippen molar-refractivity contribution in [2.45, 2.75) is 32.6 Å². The fourth-order valence-electron chi connectivity index (χ4n) is 3.56. The van der Waals surface area contributed by atoms with Gasteiger partial charge in [0.25, 0.3) is 0 Å². The molecule has 5 heteroatoms. The van der Waals surface area contributed by atoms with Crippen LogP contribution in [0, 0.1) is 11.3 Å². The number of carbonyl (C=O) groups is 1. The maximum atomic E-state index is 12.3. The molecule has 122 valence electrons. The van der Waals surface area contributed by atoms with Gasteiger partial charge in [-0.05, 0) is 64.7 Å². The van der Waals surface area contributed by atoms with Crippen LogP contribution < -0.4 is 5.32 Å². The number of hydrogen-bond acceptors (Lipinski definition) is 5. The van der Waals surface area contributed by atoms with Gasteiger partial charge in [-0.3, -0.25) is 4.79 Å². The quantitative estimate of drug-likeness (QED) is 0.749. The van der Waals surface area contributed by atoms with Crippen LogP contribution in [-0.2, 0) is 14.3 Å².